The van der Waals surface area contributed by atoms with Crippen LogP contribution in [0, 0.1) is 17.2 Å². The van der Waals surface area contributed by atoms with Gasteiger partial charge in [0.2, 0.25) is 0 Å². The molecule has 3 atom stereocenters. The molecule has 0 unspecified atom stereocenters. The Morgan fingerprint density at radius 3 is 2.60 bits per heavy atom. The molecule has 1 aromatic rings. The number of nitrogens with zero attached hydrogens (tertiary/aromatic N) is 1. The van der Waals surface area contributed by atoms with Crippen molar-refractivity contribution in [2.45, 2.75) is 51.7 Å². The summed E-state index contributed by atoms with van der Waals surface area (Å²) in [6.45, 7) is 3.38. The number of hydrogen-bond donors (Lipinski definition) is 1. The van der Waals surface area contributed by atoms with Crippen LogP contribution in [-0.2, 0) is 14.3 Å². The van der Waals surface area contributed by atoms with Gasteiger partial charge in [-0.3, -0.25) is 4.79 Å². The summed E-state index contributed by atoms with van der Waals surface area (Å²) in [4.78, 5) is 23.9. The van der Waals surface area contributed by atoms with E-state index in [0.29, 0.717) is 17.2 Å². The van der Waals surface area contributed by atoms with E-state index in [9.17, 15) is 9.59 Å². The van der Waals surface area contributed by atoms with E-state index in [4.69, 9.17) is 14.7 Å². The van der Waals surface area contributed by atoms with E-state index in [1.807, 2.05) is 6.07 Å². The van der Waals surface area contributed by atoms with E-state index in [0.717, 1.165) is 19.3 Å². The van der Waals surface area contributed by atoms with Crippen LogP contribution in [0.3, 0.4) is 0 Å². The summed E-state index contributed by atoms with van der Waals surface area (Å²) >= 11 is 0. The molecule has 6 heteroatoms. The zero-order valence-corrected chi connectivity index (χ0v) is 14.7. The monoisotopic (exact) mass is 344 g/mol. The van der Waals surface area contributed by atoms with E-state index >= 15 is 0 Å². The summed E-state index contributed by atoms with van der Waals surface area (Å²) in [5, 5.41) is 11.7. The van der Waals surface area contributed by atoms with Crippen LogP contribution in [0.5, 0.6) is 5.75 Å². The third-order valence-electron chi connectivity index (χ3n) is 4.43. The van der Waals surface area contributed by atoms with Crippen molar-refractivity contribution in [1.29, 1.82) is 5.26 Å². The van der Waals surface area contributed by atoms with Crippen molar-refractivity contribution in [3.63, 3.8) is 0 Å². The van der Waals surface area contributed by atoms with E-state index in [2.05, 4.69) is 12.2 Å². The second-order valence-corrected chi connectivity index (χ2v) is 6.44. The predicted octanol–water partition coefficient (Wildman–Crippen LogP) is 2.56. The zero-order valence-electron chi connectivity index (χ0n) is 14.7. The van der Waals surface area contributed by atoms with Crippen LogP contribution in [0.2, 0.25) is 0 Å². The molecular weight excluding hydrogens is 320 g/mol. The highest BCUT2D eigenvalue weighted by molar-refractivity contribution is 5.82. The molecule has 0 aromatic heterocycles. The number of amides is 1. The Morgan fingerprint density at radius 1 is 1.28 bits per heavy atom. The quantitative estimate of drug-likeness (QED) is 0.801. The number of hydrogen-bond acceptors (Lipinski definition) is 5. The average Bonchev–Trinajstić information content (AvgIpc) is 2.62. The molecule has 6 nitrogen and oxygen atoms in total. The lowest BCUT2D eigenvalue weighted by Gasteiger charge is -2.29. The van der Waals surface area contributed by atoms with Gasteiger partial charge in [0.05, 0.1) is 11.6 Å². The predicted molar refractivity (Wildman–Crippen MR) is 91.8 cm³/mol. The summed E-state index contributed by atoms with van der Waals surface area (Å²) in [6.07, 6.45) is 3.56. The molecule has 25 heavy (non-hydrogen) atoms. The lowest BCUT2D eigenvalue weighted by atomic mass is 9.86. The number of carbonyl (C=O) groups excluding carboxylic acids is 2. The van der Waals surface area contributed by atoms with Gasteiger partial charge in [0.1, 0.15) is 5.75 Å². The van der Waals surface area contributed by atoms with Crippen molar-refractivity contribution in [3.05, 3.63) is 29.8 Å². The molecule has 0 heterocycles. The van der Waals surface area contributed by atoms with Gasteiger partial charge in [-0.15, -0.1) is 0 Å². The minimum absolute atomic E-state index is 0.160. The first-order valence-electron chi connectivity index (χ1n) is 8.62. The molecule has 1 N–H and O–H groups in total. The topological polar surface area (TPSA) is 88.4 Å². The Bertz CT molecular complexity index is 636. The fourth-order valence-electron chi connectivity index (χ4n) is 2.89. The third kappa shape index (κ3) is 5.79. The fourth-order valence-corrected chi connectivity index (χ4v) is 2.89. The lowest BCUT2D eigenvalue weighted by molar-refractivity contribution is -0.155. The lowest BCUT2D eigenvalue weighted by Crippen LogP contribution is -2.43. The minimum Gasteiger partial charge on any atom is -0.479 e. The summed E-state index contributed by atoms with van der Waals surface area (Å²) in [5.41, 5.74) is 0.510. The largest absolute Gasteiger partial charge is 0.479 e. The molecule has 134 valence electrons. The second-order valence-electron chi connectivity index (χ2n) is 6.44. The standard InChI is InChI=1S/C19H24N2O4/c1-13-5-3-4-6-17(13)21-18(22)12-24-19(23)14(2)25-16-9-7-15(11-20)8-10-16/h7-10,13-14,17H,3-6,12H2,1-2H3,(H,21,22)/t13-,14+,17+/m0/s1. The van der Waals surface area contributed by atoms with Gasteiger partial charge in [-0.05, 0) is 49.9 Å². The molecule has 0 aliphatic heterocycles. The van der Waals surface area contributed by atoms with Crippen LogP contribution >= 0.6 is 0 Å². The molecule has 1 aromatic carbocycles. The van der Waals surface area contributed by atoms with E-state index in [-0.39, 0.29) is 18.6 Å². The van der Waals surface area contributed by atoms with Gasteiger partial charge in [0, 0.05) is 6.04 Å². The minimum atomic E-state index is -0.839. The highest BCUT2D eigenvalue weighted by atomic mass is 16.6. The van der Waals surface area contributed by atoms with Crippen molar-refractivity contribution in [2.24, 2.45) is 5.92 Å². The van der Waals surface area contributed by atoms with Gasteiger partial charge in [-0.25, -0.2) is 4.79 Å². The SMILES string of the molecule is C[C@@H](Oc1ccc(C#N)cc1)C(=O)OCC(=O)N[C@@H]1CCCC[C@@H]1C. The van der Waals surface area contributed by atoms with Crippen molar-refractivity contribution in [2.75, 3.05) is 6.61 Å². The number of ether oxygens (including phenoxy) is 2. The number of esters is 1. The molecule has 1 aliphatic rings. The van der Waals surface area contributed by atoms with Crippen LogP contribution in [0.1, 0.15) is 45.1 Å². The first-order chi connectivity index (χ1) is 12.0. The maximum Gasteiger partial charge on any atom is 0.347 e. The van der Waals surface area contributed by atoms with E-state index < -0.39 is 12.1 Å². The van der Waals surface area contributed by atoms with Crippen molar-refractivity contribution < 1.29 is 19.1 Å². The van der Waals surface area contributed by atoms with Gasteiger partial charge in [-0.2, -0.15) is 5.26 Å². The van der Waals surface area contributed by atoms with Gasteiger partial charge in [0.15, 0.2) is 12.7 Å². The normalized spacial score (nSPS) is 20.8. The van der Waals surface area contributed by atoms with Crippen LogP contribution in [-0.4, -0.2) is 30.6 Å². The molecule has 0 saturated heterocycles. The summed E-state index contributed by atoms with van der Waals surface area (Å²) in [5.74, 6) is 0.0323. The molecule has 0 bridgehead atoms. The Labute approximate surface area is 148 Å². The smallest absolute Gasteiger partial charge is 0.347 e. The summed E-state index contributed by atoms with van der Waals surface area (Å²) < 4.78 is 10.5. The number of nitrogens with one attached hydrogen (secondary N) is 1. The highest BCUT2D eigenvalue weighted by Crippen LogP contribution is 2.23. The van der Waals surface area contributed by atoms with E-state index in [1.165, 1.54) is 6.42 Å². The average molecular weight is 344 g/mol. The Balaban J connectivity index is 1.74. The van der Waals surface area contributed by atoms with Gasteiger partial charge in [0.25, 0.3) is 5.91 Å². The van der Waals surface area contributed by atoms with Crippen molar-refractivity contribution >= 4 is 11.9 Å². The molecule has 0 radical (unpaired) electrons. The van der Waals surface area contributed by atoms with E-state index in [1.54, 1.807) is 31.2 Å². The highest BCUT2D eigenvalue weighted by Gasteiger charge is 2.24. The van der Waals surface area contributed by atoms with Gasteiger partial charge >= 0.3 is 5.97 Å². The maximum absolute atomic E-state index is 12.0. The van der Waals surface area contributed by atoms with Crippen LogP contribution in [0.4, 0.5) is 0 Å². The molecule has 1 aliphatic carbocycles. The molecular formula is C19H24N2O4. The molecule has 0 spiro atoms. The van der Waals surface area contributed by atoms with Gasteiger partial charge < -0.3 is 14.8 Å². The molecule has 1 saturated carbocycles. The summed E-state index contributed by atoms with van der Waals surface area (Å²) in [6, 6.07) is 8.60. The second kappa shape index (κ2) is 9.07. The zero-order chi connectivity index (χ0) is 18.2. The first kappa shape index (κ1) is 18.8. The molecule has 2 rings (SSSR count). The van der Waals surface area contributed by atoms with Crippen molar-refractivity contribution in [3.8, 4) is 11.8 Å². The van der Waals surface area contributed by atoms with Gasteiger partial charge in [-0.1, -0.05) is 19.8 Å². The Hall–Kier alpha value is -2.55. The first-order valence-corrected chi connectivity index (χ1v) is 8.62. The Kier molecular flexibility index (Phi) is 6.81. The van der Waals surface area contributed by atoms with Crippen LogP contribution in [0.25, 0.3) is 0 Å². The Morgan fingerprint density at radius 2 is 1.96 bits per heavy atom. The summed E-state index contributed by atoms with van der Waals surface area (Å²) in [7, 11) is 0. The molecule has 1 amide bonds. The number of rotatable bonds is 6. The molecule has 1 fully saturated rings. The third-order valence-corrected chi connectivity index (χ3v) is 4.43. The number of benzene rings is 1. The number of nitriles is 1. The fraction of sp³-hybridized carbons (Fsp3) is 0.526. The van der Waals surface area contributed by atoms with Crippen molar-refractivity contribution in [1.82, 2.24) is 5.32 Å². The number of carbonyl (C=O) groups is 2. The van der Waals surface area contributed by atoms with Crippen LogP contribution in [0.15, 0.2) is 24.3 Å². The maximum atomic E-state index is 12.0. The van der Waals surface area contributed by atoms with Crippen LogP contribution < -0.4 is 10.1 Å².